The zero-order valence-electron chi connectivity index (χ0n) is 24.5. The lowest BCUT2D eigenvalue weighted by atomic mass is 10.1. The summed E-state index contributed by atoms with van der Waals surface area (Å²) in [6.45, 7) is 8.10. The van der Waals surface area contributed by atoms with Crippen molar-refractivity contribution in [3.05, 3.63) is 52.8 Å². The number of hydrogen-bond acceptors (Lipinski definition) is 9. The number of likely N-dealkylation sites (N-methyl/N-ethyl adjacent to an activating group) is 1. The number of rotatable bonds is 18. The van der Waals surface area contributed by atoms with Crippen LogP contribution in [0.2, 0.25) is 0 Å². The highest BCUT2D eigenvalue weighted by molar-refractivity contribution is 5.72. The van der Waals surface area contributed by atoms with Gasteiger partial charge < -0.3 is 30.7 Å². The first-order chi connectivity index (χ1) is 20.1. The smallest absolute Gasteiger partial charge is 0.317 e. The maximum Gasteiger partial charge on any atom is 0.317 e. The first-order valence-corrected chi connectivity index (χ1v) is 13.9. The van der Waals surface area contributed by atoms with E-state index in [1.807, 2.05) is 25.1 Å². The van der Waals surface area contributed by atoms with Crippen LogP contribution in [0.1, 0.15) is 49.7 Å². The second-order valence-corrected chi connectivity index (χ2v) is 9.56. The summed E-state index contributed by atoms with van der Waals surface area (Å²) >= 11 is 0. The highest BCUT2D eigenvalue weighted by atomic mass is 16.5. The van der Waals surface area contributed by atoms with Gasteiger partial charge in [-0.15, -0.1) is 0 Å². The van der Waals surface area contributed by atoms with E-state index in [0.717, 1.165) is 36.5 Å². The summed E-state index contributed by atoms with van der Waals surface area (Å²) in [7, 11) is 0. The van der Waals surface area contributed by atoms with E-state index >= 15 is 0 Å². The van der Waals surface area contributed by atoms with Gasteiger partial charge in [0.2, 0.25) is 0 Å². The van der Waals surface area contributed by atoms with Crippen LogP contribution in [0.5, 0.6) is 5.75 Å². The molecule has 0 saturated heterocycles. The summed E-state index contributed by atoms with van der Waals surface area (Å²) < 4.78 is 5.97. The molecule has 228 valence electrons. The molecule has 1 heterocycles. The lowest BCUT2D eigenvalue weighted by Gasteiger charge is -2.24. The Morgan fingerprint density at radius 2 is 1.36 bits per heavy atom. The molecule has 0 aliphatic rings. The van der Waals surface area contributed by atoms with Gasteiger partial charge in [-0.05, 0) is 63.7 Å². The van der Waals surface area contributed by atoms with E-state index in [-0.39, 0.29) is 19.6 Å². The second kappa shape index (κ2) is 17.6. The Morgan fingerprint density at radius 1 is 0.810 bits per heavy atom. The SMILES string of the molecule is CCN(CC(=O)O)Cc1cc(C#Cc2ccc(OCCCN)c(N(CC)CC)c2)cc(CN(CC(=O)O)CC(=O)O)n1. The summed E-state index contributed by atoms with van der Waals surface area (Å²) in [5.74, 6) is 3.79. The van der Waals surface area contributed by atoms with E-state index in [1.54, 1.807) is 17.0 Å². The number of carboxylic acid groups (broad SMARTS) is 3. The molecule has 5 N–H and O–H groups in total. The van der Waals surface area contributed by atoms with Gasteiger partial charge in [0, 0.05) is 37.3 Å². The highest BCUT2D eigenvalue weighted by Crippen LogP contribution is 2.29. The number of anilines is 1. The van der Waals surface area contributed by atoms with Crippen LogP contribution < -0.4 is 15.4 Å². The molecule has 0 aliphatic carbocycles. The maximum atomic E-state index is 11.3. The number of carboxylic acids is 3. The van der Waals surface area contributed by atoms with Crippen molar-refractivity contribution >= 4 is 23.6 Å². The van der Waals surface area contributed by atoms with Crippen LogP contribution in [0, 0.1) is 11.8 Å². The van der Waals surface area contributed by atoms with Crippen LogP contribution in [0.25, 0.3) is 0 Å². The molecule has 12 heteroatoms. The van der Waals surface area contributed by atoms with Crippen molar-refractivity contribution in [2.24, 2.45) is 5.73 Å². The molecule has 0 bridgehead atoms. The number of aliphatic carboxylic acids is 3. The van der Waals surface area contributed by atoms with Crippen LogP contribution >= 0.6 is 0 Å². The Balaban J connectivity index is 2.50. The van der Waals surface area contributed by atoms with Crippen molar-refractivity contribution in [2.45, 2.75) is 40.3 Å². The van der Waals surface area contributed by atoms with Gasteiger partial charge in [0.15, 0.2) is 0 Å². The minimum absolute atomic E-state index is 0.0346. The number of hydrogen-bond donors (Lipinski definition) is 4. The maximum absolute atomic E-state index is 11.3. The van der Waals surface area contributed by atoms with Gasteiger partial charge in [-0.3, -0.25) is 29.2 Å². The minimum atomic E-state index is -1.16. The van der Waals surface area contributed by atoms with Crippen LogP contribution in [0.3, 0.4) is 0 Å². The molecule has 0 unspecified atom stereocenters. The molecule has 0 saturated carbocycles. The summed E-state index contributed by atoms with van der Waals surface area (Å²) in [6.07, 6.45) is 0.740. The number of carbonyl (C=O) groups is 3. The van der Waals surface area contributed by atoms with Crippen molar-refractivity contribution < 1.29 is 34.4 Å². The highest BCUT2D eigenvalue weighted by Gasteiger charge is 2.17. The van der Waals surface area contributed by atoms with Gasteiger partial charge in [-0.1, -0.05) is 18.8 Å². The van der Waals surface area contributed by atoms with Crippen molar-refractivity contribution in [3.63, 3.8) is 0 Å². The van der Waals surface area contributed by atoms with Crippen LogP contribution in [-0.4, -0.2) is 100 Å². The standard InChI is InChI=1S/C30H41N5O7/c1-4-33(19-28(36)37)17-24-14-23(15-25(32-24)18-34(20-29(38)39)21-30(40)41)9-8-22-10-11-27(42-13-7-12-31)26(16-22)35(5-2)6-3/h10-11,14-16H,4-7,12-13,17-21,31H2,1-3H3,(H,36,37)(H,38,39)(H,40,41). The Bertz CT molecular complexity index is 1250. The first kappa shape index (κ1) is 34.0. The van der Waals surface area contributed by atoms with Gasteiger partial charge in [0.25, 0.3) is 0 Å². The zero-order chi connectivity index (χ0) is 31.1. The molecular weight excluding hydrogens is 542 g/mol. The lowest BCUT2D eigenvalue weighted by Crippen LogP contribution is -2.34. The largest absolute Gasteiger partial charge is 0.491 e. The third-order valence-electron chi connectivity index (χ3n) is 6.25. The van der Waals surface area contributed by atoms with E-state index in [2.05, 4.69) is 35.6 Å². The van der Waals surface area contributed by atoms with E-state index in [1.165, 1.54) is 4.90 Å². The topological polar surface area (TPSA) is 170 Å². The molecule has 0 atom stereocenters. The quantitative estimate of drug-likeness (QED) is 0.149. The number of benzene rings is 1. The van der Waals surface area contributed by atoms with Gasteiger partial charge >= 0.3 is 17.9 Å². The van der Waals surface area contributed by atoms with E-state index < -0.39 is 31.0 Å². The second-order valence-electron chi connectivity index (χ2n) is 9.56. The van der Waals surface area contributed by atoms with E-state index in [4.69, 9.17) is 10.5 Å². The fourth-order valence-electron chi connectivity index (χ4n) is 4.30. The number of nitrogens with zero attached hydrogens (tertiary/aromatic N) is 4. The Labute approximate surface area is 246 Å². The van der Waals surface area contributed by atoms with Gasteiger partial charge in [-0.2, -0.15) is 0 Å². The summed E-state index contributed by atoms with van der Waals surface area (Å²) in [5.41, 5.74) is 8.84. The van der Waals surface area contributed by atoms with Crippen molar-refractivity contribution in [3.8, 4) is 17.6 Å². The number of aromatic nitrogens is 1. The zero-order valence-corrected chi connectivity index (χ0v) is 24.5. The Kier molecular flexibility index (Phi) is 14.3. The minimum Gasteiger partial charge on any atom is -0.491 e. The van der Waals surface area contributed by atoms with Crippen LogP contribution in [-0.2, 0) is 27.5 Å². The molecule has 12 nitrogen and oxygen atoms in total. The molecule has 2 aromatic rings. The molecule has 1 aromatic carbocycles. The average Bonchev–Trinajstić information content (AvgIpc) is 2.92. The molecule has 42 heavy (non-hydrogen) atoms. The van der Waals surface area contributed by atoms with Crippen molar-refractivity contribution in [2.75, 3.05) is 57.3 Å². The third-order valence-corrected chi connectivity index (χ3v) is 6.25. The molecule has 2 rings (SSSR count). The fraction of sp³-hybridized carbons (Fsp3) is 0.467. The van der Waals surface area contributed by atoms with Gasteiger partial charge in [0.05, 0.1) is 43.3 Å². The van der Waals surface area contributed by atoms with Crippen LogP contribution in [0.15, 0.2) is 30.3 Å². The normalized spacial score (nSPS) is 10.8. The molecule has 0 amide bonds. The van der Waals surface area contributed by atoms with Gasteiger partial charge in [0.1, 0.15) is 5.75 Å². The number of nitrogens with two attached hydrogens (primary N) is 1. The van der Waals surface area contributed by atoms with Gasteiger partial charge in [-0.25, -0.2) is 0 Å². The molecule has 0 spiro atoms. The van der Waals surface area contributed by atoms with Crippen molar-refractivity contribution in [1.29, 1.82) is 0 Å². The Morgan fingerprint density at radius 3 is 1.88 bits per heavy atom. The summed E-state index contributed by atoms with van der Waals surface area (Å²) in [4.78, 5) is 43.6. The third kappa shape index (κ3) is 11.7. The number of ether oxygens (including phenoxy) is 1. The predicted octanol–water partition coefficient (Wildman–Crippen LogP) is 1.93. The summed E-state index contributed by atoms with van der Waals surface area (Å²) in [5, 5.41) is 27.8. The molecule has 0 radical (unpaired) electrons. The molecular formula is C30H41N5O7. The molecule has 0 fully saturated rings. The molecule has 0 aliphatic heterocycles. The Hall–Kier alpha value is -4.18. The molecule has 1 aromatic heterocycles. The fourth-order valence-corrected chi connectivity index (χ4v) is 4.30. The summed E-state index contributed by atoms with van der Waals surface area (Å²) in [6, 6.07) is 9.17. The van der Waals surface area contributed by atoms with Crippen molar-refractivity contribution in [1.82, 2.24) is 14.8 Å². The average molecular weight is 584 g/mol. The number of pyridine rings is 1. The van der Waals surface area contributed by atoms with E-state index in [0.29, 0.717) is 36.6 Å². The monoisotopic (exact) mass is 583 g/mol. The first-order valence-electron chi connectivity index (χ1n) is 13.9. The van der Waals surface area contributed by atoms with Crippen LogP contribution in [0.4, 0.5) is 5.69 Å². The lowest BCUT2D eigenvalue weighted by molar-refractivity contribution is -0.142. The predicted molar refractivity (Wildman–Crippen MR) is 159 cm³/mol. The van der Waals surface area contributed by atoms with E-state index in [9.17, 15) is 29.7 Å².